The molecule has 0 unspecified atom stereocenters. The van der Waals surface area contributed by atoms with Gasteiger partial charge in [0.05, 0.1) is 0 Å². The van der Waals surface area contributed by atoms with E-state index in [9.17, 15) is 4.39 Å². The number of benzene rings is 1. The number of hydrogen-bond donors (Lipinski definition) is 2. The molecule has 2 nitrogen and oxygen atoms in total. The predicted molar refractivity (Wildman–Crippen MR) is 71.6 cm³/mol. The van der Waals surface area contributed by atoms with Crippen molar-refractivity contribution in [3.8, 4) is 0 Å². The van der Waals surface area contributed by atoms with Crippen molar-refractivity contribution in [2.75, 3.05) is 13.1 Å². The Hall–Kier alpha value is -0.0600. The molecule has 0 aliphatic carbocycles. The fraction of sp³-hybridized carbons (Fsp3) is 0.400. The molecule has 0 aliphatic rings. The Morgan fingerprint density at radius 2 is 1.75 bits per heavy atom. The highest BCUT2D eigenvalue weighted by molar-refractivity contribution is 6.30. The second-order valence-electron chi connectivity index (χ2n) is 3.37. The van der Waals surface area contributed by atoms with Gasteiger partial charge >= 0.3 is 0 Å². The van der Waals surface area contributed by atoms with Crippen LogP contribution in [0.2, 0.25) is 5.02 Å². The minimum Gasteiger partial charge on any atom is -0.327 e. The Bertz CT molecular complexity index is 306. The predicted octanol–water partition coefficient (Wildman–Crippen LogP) is 2.35. The van der Waals surface area contributed by atoms with Crippen molar-refractivity contribution >= 4 is 36.4 Å². The largest absolute Gasteiger partial charge is 0.327 e. The van der Waals surface area contributed by atoms with E-state index in [2.05, 4.69) is 0 Å². The Labute approximate surface area is 112 Å². The van der Waals surface area contributed by atoms with Crippen LogP contribution in [0.15, 0.2) is 24.3 Å². The Balaban J connectivity index is 0. The molecule has 16 heavy (non-hydrogen) atoms. The third kappa shape index (κ3) is 5.32. The maximum absolute atomic E-state index is 13.8. The van der Waals surface area contributed by atoms with Crippen LogP contribution >= 0.6 is 36.4 Å². The highest BCUT2D eigenvalue weighted by atomic mass is 35.5. The zero-order valence-electron chi connectivity index (χ0n) is 8.66. The molecule has 94 valence electrons. The van der Waals surface area contributed by atoms with E-state index in [1.54, 1.807) is 18.2 Å². The fourth-order valence-corrected chi connectivity index (χ4v) is 1.45. The average Bonchev–Trinajstić information content (AvgIpc) is 2.18. The first-order valence-electron chi connectivity index (χ1n) is 4.43. The molecule has 0 saturated heterocycles. The van der Waals surface area contributed by atoms with E-state index in [1.807, 2.05) is 6.07 Å². The van der Waals surface area contributed by atoms with Crippen LogP contribution in [0.25, 0.3) is 0 Å². The van der Waals surface area contributed by atoms with E-state index in [4.69, 9.17) is 23.1 Å². The first-order chi connectivity index (χ1) is 6.59. The quantitative estimate of drug-likeness (QED) is 0.894. The highest BCUT2D eigenvalue weighted by Crippen LogP contribution is 2.18. The van der Waals surface area contributed by atoms with Crippen LogP contribution in [0.5, 0.6) is 0 Å². The molecule has 0 saturated carbocycles. The molecule has 0 heterocycles. The summed E-state index contributed by atoms with van der Waals surface area (Å²) < 4.78 is 13.8. The molecule has 0 aliphatic heterocycles. The molecule has 0 aromatic heterocycles. The van der Waals surface area contributed by atoms with Crippen LogP contribution in [0, 0.1) is 0 Å². The lowest BCUT2D eigenvalue weighted by Gasteiger charge is -2.21. The third-order valence-corrected chi connectivity index (χ3v) is 2.38. The van der Waals surface area contributed by atoms with Gasteiger partial charge in [-0.1, -0.05) is 23.7 Å². The first kappa shape index (κ1) is 18.3. The molecule has 0 spiro atoms. The minimum atomic E-state index is -1.52. The van der Waals surface area contributed by atoms with Gasteiger partial charge in [-0.3, -0.25) is 0 Å². The monoisotopic (exact) mass is 288 g/mol. The van der Waals surface area contributed by atoms with Crippen molar-refractivity contribution in [3.63, 3.8) is 0 Å². The zero-order valence-corrected chi connectivity index (χ0v) is 11.0. The highest BCUT2D eigenvalue weighted by Gasteiger charge is 2.26. The third-order valence-electron chi connectivity index (χ3n) is 2.14. The van der Waals surface area contributed by atoms with Crippen LogP contribution in [-0.4, -0.2) is 18.8 Å². The summed E-state index contributed by atoms with van der Waals surface area (Å²) in [6.07, 6.45) is 0.209. The van der Waals surface area contributed by atoms with E-state index in [0.717, 1.165) is 5.56 Å². The molecule has 0 fully saturated rings. The molecule has 1 aromatic rings. The van der Waals surface area contributed by atoms with Crippen molar-refractivity contribution in [2.24, 2.45) is 11.5 Å². The maximum atomic E-state index is 13.8. The molecule has 0 atom stereocenters. The first-order valence-corrected chi connectivity index (χ1v) is 4.81. The SMILES string of the molecule is Cl.Cl.NCC(F)(CN)Cc1cccc(Cl)c1. The van der Waals surface area contributed by atoms with Gasteiger partial charge in [-0.15, -0.1) is 24.8 Å². The van der Waals surface area contributed by atoms with Crippen LogP contribution in [-0.2, 0) is 6.42 Å². The number of halogens is 4. The number of alkyl halides is 1. The van der Waals surface area contributed by atoms with Gasteiger partial charge in [-0.2, -0.15) is 0 Å². The molecule has 1 aromatic carbocycles. The van der Waals surface area contributed by atoms with Crippen molar-refractivity contribution in [1.82, 2.24) is 0 Å². The number of hydrogen-bond acceptors (Lipinski definition) is 2. The topological polar surface area (TPSA) is 52.0 Å². The summed E-state index contributed by atoms with van der Waals surface area (Å²) in [7, 11) is 0. The summed E-state index contributed by atoms with van der Waals surface area (Å²) in [5, 5.41) is 0.596. The van der Waals surface area contributed by atoms with Crippen LogP contribution < -0.4 is 11.5 Å². The van der Waals surface area contributed by atoms with Crippen LogP contribution in [0.3, 0.4) is 0 Å². The smallest absolute Gasteiger partial charge is 0.139 e. The van der Waals surface area contributed by atoms with E-state index in [-0.39, 0.29) is 44.3 Å². The van der Waals surface area contributed by atoms with Crippen molar-refractivity contribution < 1.29 is 4.39 Å². The van der Waals surface area contributed by atoms with E-state index in [1.165, 1.54) is 0 Å². The lowest BCUT2D eigenvalue weighted by molar-refractivity contribution is 0.184. The van der Waals surface area contributed by atoms with Crippen LogP contribution in [0.4, 0.5) is 4.39 Å². The maximum Gasteiger partial charge on any atom is 0.139 e. The summed E-state index contributed by atoms with van der Waals surface area (Å²) in [6.45, 7) is -0.147. The molecule has 0 amide bonds. The zero-order chi connectivity index (χ0) is 10.6. The summed E-state index contributed by atoms with van der Waals surface area (Å²) in [5.74, 6) is 0. The molecular weight excluding hydrogens is 273 g/mol. The van der Waals surface area contributed by atoms with Gasteiger partial charge in [-0.25, -0.2) is 4.39 Å². The lowest BCUT2D eigenvalue weighted by atomic mass is 9.96. The summed E-state index contributed by atoms with van der Waals surface area (Å²) in [5.41, 5.74) is 9.92. The van der Waals surface area contributed by atoms with Crippen molar-refractivity contribution in [1.29, 1.82) is 0 Å². The van der Waals surface area contributed by atoms with Crippen molar-refractivity contribution in [2.45, 2.75) is 12.1 Å². The Morgan fingerprint density at radius 3 is 2.19 bits per heavy atom. The molecular formula is C10H16Cl3FN2. The normalized spacial score (nSPS) is 10.2. The lowest BCUT2D eigenvalue weighted by Crippen LogP contribution is -2.42. The van der Waals surface area contributed by atoms with Gasteiger partial charge in [-0.05, 0) is 17.7 Å². The molecule has 1 rings (SSSR count). The summed E-state index contributed by atoms with van der Waals surface area (Å²) in [6, 6.07) is 7.06. The molecule has 4 N–H and O–H groups in total. The molecule has 6 heteroatoms. The standard InChI is InChI=1S/C10H14ClFN2.2ClH/c11-9-3-1-2-8(4-9)5-10(12,6-13)7-14;;/h1-4H,5-7,13-14H2;2*1H. The molecule has 0 bridgehead atoms. The fourth-order valence-electron chi connectivity index (χ4n) is 1.24. The van der Waals surface area contributed by atoms with E-state index in [0.29, 0.717) is 5.02 Å². The van der Waals surface area contributed by atoms with Crippen LogP contribution in [0.1, 0.15) is 5.56 Å². The molecule has 0 radical (unpaired) electrons. The van der Waals surface area contributed by atoms with Gasteiger partial charge in [0.2, 0.25) is 0 Å². The van der Waals surface area contributed by atoms with E-state index < -0.39 is 5.67 Å². The van der Waals surface area contributed by atoms with Gasteiger partial charge in [0, 0.05) is 24.5 Å². The van der Waals surface area contributed by atoms with Gasteiger partial charge < -0.3 is 11.5 Å². The summed E-state index contributed by atoms with van der Waals surface area (Å²) >= 11 is 5.78. The van der Waals surface area contributed by atoms with Gasteiger partial charge in [0.25, 0.3) is 0 Å². The number of nitrogens with two attached hydrogens (primary N) is 2. The van der Waals surface area contributed by atoms with Gasteiger partial charge in [0.1, 0.15) is 5.67 Å². The summed E-state index contributed by atoms with van der Waals surface area (Å²) in [4.78, 5) is 0. The Kier molecular flexibility index (Phi) is 9.26. The van der Waals surface area contributed by atoms with E-state index >= 15 is 0 Å². The van der Waals surface area contributed by atoms with Crippen molar-refractivity contribution in [3.05, 3.63) is 34.9 Å². The second-order valence-corrected chi connectivity index (χ2v) is 3.80. The average molecular weight is 290 g/mol. The Morgan fingerprint density at radius 1 is 1.19 bits per heavy atom. The van der Waals surface area contributed by atoms with Gasteiger partial charge in [0.15, 0.2) is 0 Å². The number of rotatable bonds is 4. The minimum absolute atomic E-state index is 0. The second kappa shape index (κ2) is 8.09.